The fourth-order valence-corrected chi connectivity index (χ4v) is 3.91. The maximum Gasteiger partial charge on any atom is 0.326 e. The molecule has 3 rings (SSSR count). The van der Waals surface area contributed by atoms with Crippen LogP contribution in [0.2, 0.25) is 0 Å². The van der Waals surface area contributed by atoms with E-state index >= 15 is 0 Å². The van der Waals surface area contributed by atoms with Crippen molar-refractivity contribution in [3.8, 4) is 0 Å². The van der Waals surface area contributed by atoms with Gasteiger partial charge in [0.25, 0.3) is 0 Å². The lowest BCUT2D eigenvalue weighted by atomic mass is 9.75. The van der Waals surface area contributed by atoms with Gasteiger partial charge in [0.05, 0.1) is 12.2 Å². The Kier molecular flexibility index (Phi) is 5.45. The minimum Gasteiger partial charge on any atom is -0.305 e. The van der Waals surface area contributed by atoms with E-state index < -0.39 is 11.8 Å². The van der Waals surface area contributed by atoms with Crippen LogP contribution in [0, 0.1) is 17.7 Å². The lowest BCUT2D eigenvalue weighted by Gasteiger charge is -2.41. The molecular weight excluding hydrogens is 309 g/mol. The van der Waals surface area contributed by atoms with Crippen molar-refractivity contribution in [2.45, 2.75) is 32.1 Å². The van der Waals surface area contributed by atoms with Gasteiger partial charge in [-0.15, -0.1) is 0 Å². The number of para-hydroxylation sites is 1. The molecule has 3 amide bonds. The molecule has 24 heavy (non-hydrogen) atoms. The van der Waals surface area contributed by atoms with Crippen LogP contribution < -0.4 is 10.6 Å². The van der Waals surface area contributed by atoms with Gasteiger partial charge in [0.15, 0.2) is 0 Å². The fourth-order valence-electron chi connectivity index (χ4n) is 3.91. The van der Waals surface area contributed by atoms with Crippen LogP contribution in [0.1, 0.15) is 32.1 Å². The van der Waals surface area contributed by atoms with E-state index in [9.17, 15) is 14.0 Å². The van der Waals surface area contributed by atoms with Gasteiger partial charge in [0, 0.05) is 6.54 Å². The Balaban J connectivity index is 1.45. The molecule has 2 N–H and O–H groups in total. The number of fused-ring (bicyclic) bond motifs is 1. The van der Waals surface area contributed by atoms with Crippen LogP contribution in [-0.4, -0.2) is 36.5 Å². The Morgan fingerprint density at radius 3 is 2.67 bits per heavy atom. The Morgan fingerprint density at radius 1 is 1.12 bits per heavy atom. The second-order valence-corrected chi connectivity index (χ2v) is 6.81. The molecule has 0 aromatic heterocycles. The zero-order valence-corrected chi connectivity index (χ0v) is 13.8. The highest BCUT2D eigenvalue weighted by Gasteiger charge is 2.31. The highest BCUT2D eigenvalue weighted by molar-refractivity contribution is 6.01. The van der Waals surface area contributed by atoms with E-state index in [1.165, 1.54) is 37.8 Å². The normalized spacial score (nSPS) is 24.0. The number of piperidine rings is 1. The van der Waals surface area contributed by atoms with Crippen LogP contribution in [0.5, 0.6) is 0 Å². The topological polar surface area (TPSA) is 61.4 Å². The third-order valence-electron chi connectivity index (χ3n) is 5.12. The van der Waals surface area contributed by atoms with E-state index in [0.717, 1.165) is 25.4 Å². The molecule has 1 aliphatic heterocycles. The van der Waals surface area contributed by atoms with Crippen molar-refractivity contribution in [3.63, 3.8) is 0 Å². The van der Waals surface area contributed by atoms with Crippen molar-refractivity contribution in [1.82, 2.24) is 10.2 Å². The van der Waals surface area contributed by atoms with Gasteiger partial charge < -0.3 is 5.32 Å². The third kappa shape index (κ3) is 4.32. The van der Waals surface area contributed by atoms with Gasteiger partial charge in [0.1, 0.15) is 5.82 Å². The molecule has 1 saturated carbocycles. The summed E-state index contributed by atoms with van der Waals surface area (Å²) in [4.78, 5) is 26.0. The van der Waals surface area contributed by atoms with Crippen LogP contribution in [0.25, 0.3) is 0 Å². The van der Waals surface area contributed by atoms with Gasteiger partial charge in [-0.05, 0) is 43.4 Å². The van der Waals surface area contributed by atoms with E-state index in [4.69, 9.17) is 0 Å². The number of rotatable bonds is 3. The SMILES string of the molecule is O=C(CN1CC[C@@H]2CCCC[C@@H]2C1)NC(=O)Nc1ccccc1F. The molecule has 2 fully saturated rings. The first-order chi connectivity index (χ1) is 11.6. The Morgan fingerprint density at radius 2 is 1.88 bits per heavy atom. The van der Waals surface area contributed by atoms with Crippen molar-refractivity contribution < 1.29 is 14.0 Å². The van der Waals surface area contributed by atoms with Crippen LogP contribution in [0.3, 0.4) is 0 Å². The number of urea groups is 1. The number of hydrogen-bond acceptors (Lipinski definition) is 3. The molecule has 1 heterocycles. The van der Waals surface area contributed by atoms with Crippen LogP contribution in [-0.2, 0) is 4.79 Å². The van der Waals surface area contributed by atoms with E-state index in [1.807, 2.05) is 0 Å². The number of imide groups is 1. The van der Waals surface area contributed by atoms with Gasteiger partial charge in [0.2, 0.25) is 5.91 Å². The predicted octanol–water partition coefficient (Wildman–Crippen LogP) is 2.99. The quantitative estimate of drug-likeness (QED) is 0.894. The molecule has 0 radical (unpaired) electrons. The molecule has 130 valence electrons. The monoisotopic (exact) mass is 333 g/mol. The number of nitrogens with one attached hydrogen (secondary N) is 2. The second kappa shape index (κ2) is 7.75. The van der Waals surface area contributed by atoms with Gasteiger partial charge in [-0.25, -0.2) is 9.18 Å². The van der Waals surface area contributed by atoms with E-state index in [1.54, 1.807) is 12.1 Å². The summed E-state index contributed by atoms with van der Waals surface area (Å²) >= 11 is 0. The summed E-state index contributed by atoms with van der Waals surface area (Å²) in [6.07, 6.45) is 6.32. The fraction of sp³-hybridized carbons (Fsp3) is 0.556. The molecule has 1 aromatic carbocycles. The second-order valence-electron chi connectivity index (χ2n) is 6.81. The van der Waals surface area contributed by atoms with Crippen LogP contribution in [0.4, 0.5) is 14.9 Å². The summed E-state index contributed by atoms with van der Waals surface area (Å²) in [5.74, 6) is 0.618. The molecule has 0 unspecified atom stereocenters. The molecule has 2 aliphatic rings. The minimum atomic E-state index is -0.697. The Bertz CT molecular complexity index is 608. The zero-order valence-electron chi connectivity index (χ0n) is 13.8. The first-order valence-corrected chi connectivity index (χ1v) is 8.69. The first kappa shape index (κ1) is 16.9. The first-order valence-electron chi connectivity index (χ1n) is 8.69. The number of anilines is 1. The summed E-state index contributed by atoms with van der Waals surface area (Å²) < 4.78 is 13.5. The Labute approximate surface area is 141 Å². The summed E-state index contributed by atoms with van der Waals surface area (Å²) in [6, 6.07) is 5.17. The summed E-state index contributed by atoms with van der Waals surface area (Å²) in [6.45, 7) is 2.06. The van der Waals surface area contributed by atoms with E-state index in [-0.39, 0.29) is 18.1 Å². The molecule has 0 bridgehead atoms. The van der Waals surface area contributed by atoms with E-state index in [0.29, 0.717) is 5.92 Å². The predicted molar refractivity (Wildman–Crippen MR) is 90.1 cm³/mol. The van der Waals surface area contributed by atoms with Gasteiger partial charge in [-0.1, -0.05) is 31.4 Å². The van der Waals surface area contributed by atoms with Gasteiger partial charge in [-0.2, -0.15) is 0 Å². The molecule has 1 saturated heterocycles. The van der Waals surface area contributed by atoms with Crippen molar-refractivity contribution in [3.05, 3.63) is 30.1 Å². The van der Waals surface area contributed by atoms with Crippen molar-refractivity contribution in [2.24, 2.45) is 11.8 Å². The zero-order chi connectivity index (χ0) is 16.9. The molecule has 5 nitrogen and oxygen atoms in total. The third-order valence-corrected chi connectivity index (χ3v) is 5.12. The highest BCUT2D eigenvalue weighted by Crippen LogP contribution is 2.35. The van der Waals surface area contributed by atoms with Crippen molar-refractivity contribution >= 4 is 17.6 Å². The standard InChI is InChI=1S/C18H24FN3O2/c19-15-7-3-4-8-16(15)20-18(24)21-17(23)12-22-10-9-13-5-1-2-6-14(13)11-22/h3-4,7-8,13-14H,1-2,5-6,9-12H2,(H2,20,21,23,24)/t13-,14+/m0/s1. The summed E-state index contributed by atoms with van der Waals surface area (Å²) in [5.41, 5.74) is 0.0609. The van der Waals surface area contributed by atoms with E-state index in [2.05, 4.69) is 15.5 Å². The molecule has 0 spiro atoms. The average Bonchev–Trinajstić information content (AvgIpc) is 2.56. The van der Waals surface area contributed by atoms with Gasteiger partial charge >= 0.3 is 6.03 Å². The summed E-state index contributed by atoms with van der Waals surface area (Å²) in [7, 11) is 0. The summed E-state index contributed by atoms with van der Waals surface area (Å²) in [5, 5.41) is 4.64. The number of hydrogen-bond donors (Lipinski definition) is 2. The number of benzene rings is 1. The van der Waals surface area contributed by atoms with Gasteiger partial charge in [-0.3, -0.25) is 15.0 Å². The maximum absolute atomic E-state index is 13.5. The largest absolute Gasteiger partial charge is 0.326 e. The van der Waals surface area contributed by atoms with Crippen LogP contribution >= 0.6 is 0 Å². The maximum atomic E-state index is 13.5. The van der Waals surface area contributed by atoms with Crippen LogP contribution in [0.15, 0.2) is 24.3 Å². The van der Waals surface area contributed by atoms with Crippen molar-refractivity contribution in [1.29, 1.82) is 0 Å². The number of carbonyl (C=O) groups is 2. The number of halogens is 1. The number of amides is 3. The van der Waals surface area contributed by atoms with Crippen molar-refractivity contribution in [2.75, 3.05) is 25.0 Å². The average molecular weight is 333 g/mol. The lowest BCUT2D eigenvalue weighted by molar-refractivity contribution is -0.121. The molecular formula is C18H24FN3O2. The number of likely N-dealkylation sites (tertiary alicyclic amines) is 1. The number of carbonyl (C=O) groups excluding carboxylic acids is 2. The molecule has 6 heteroatoms. The molecule has 2 atom stereocenters. The Hall–Kier alpha value is -1.95. The minimum absolute atomic E-state index is 0.0609. The smallest absolute Gasteiger partial charge is 0.305 e. The lowest BCUT2D eigenvalue weighted by Crippen LogP contribution is -2.47. The number of nitrogens with zero attached hydrogens (tertiary/aromatic N) is 1. The molecule has 1 aromatic rings. The highest BCUT2D eigenvalue weighted by atomic mass is 19.1. The molecule has 1 aliphatic carbocycles.